The fraction of sp³-hybridized carbons (Fsp3) is 0.125. The highest BCUT2D eigenvalue weighted by atomic mass is 35.5. The van der Waals surface area contributed by atoms with Gasteiger partial charge in [0.25, 0.3) is 0 Å². The van der Waals surface area contributed by atoms with Gasteiger partial charge in [0.15, 0.2) is 4.34 Å². The molecule has 0 aliphatic heterocycles. The van der Waals surface area contributed by atoms with Crippen molar-refractivity contribution in [3.05, 3.63) is 23.2 Å². The van der Waals surface area contributed by atoms with E-state index in [0.29, 0.717) is 9.36 Å². The van der Waals surface area contributed by atoms with Crippen LogP contribution < -0.4 is 0 Å². The van der Waals surface area contributed by atoms with Crippen LogP contribution in [0.1, 0.15) is 0 Å². The second-order valence-corrected chi connectivity index (χ2v) is 5.48. The lowest BCUT2D eigenvalue weighted by molar-refractivity contribution is 0.686. The normalized spacial score (nSPS) is 13.4. The van der Waals surface area contributed by atoms with Crippen molar-refractivity contribution in [3.8, 4) is 0 Å². The molecule has 1 atom stereocenters. The molecule has 2 aromatic rings. The smallest absolute Gasteiger partial charge is 0.181 e. The summed E-state index contributed by atoms with van der Waals surface area (Å²) in [5, 5.41) is 0.673. The van der Waals surface area contributed by atoms with Gasteiger partial charge >= 0.3 is 0 Å². The Morgan fingerprint density at radius 2 is 2.31 bits per heavy atom. The zero-order valence-corrected chi connectivity index (χ0v) is 9.17. The van der Waals surface area contributed by atoms with Crippen LogP contribution in [0.15, 0.2) is 22.5 Å². The molecule has 1 aromatic carbocycles. The van der Waals surface area contributed by atoms with E-state index < -0.39 is 10.8 Å². The molecular weight excluding hydrogens is 226 g/mol. The zero-order chi connectivity index (χ0) is 9.42. The first kappa shape index (κ1) is 9.12. The first-order valence-electron chi connectivity index (χ1n) is 3.57. The fourth-order valence-corrected chi connectivity index (χ4v) is 2.95. The number of halogens is 1. The van der Waals surface area contributed by atoms with E-state index in [1.807, 2.05) is 18.2 Å². The standard InChI is InChI=1S/C8H6ClNOS2/c1-13(11)8-10-6-4-2-3-5(9)7(6)12-8/h2-4H,1H3/t13-/m0/s1. The van der Waals surface area contributed by atoms with Crippen molar-refractivity contribution in [3.63, 3.8) is 0 Å². The predicted molar refractivity (Wildman–Crippen MR) is 57.0 cm³/mol. The highest BCUT2D eigenvalue weighted by Gasteiger charge is 2.08. The van der Waals surface area contributed by atoms with Crippen LogP contribution in [-0.2, 0) is 10.8 Å². The van der Waals surface area contributed by atoms with E-state index in [-0.39, 0.29) is 0 Å². The quantitative estimate of drug-likeness (QED) is 0.756. The summed E-state index contributed by atoms with van der Waals surface area (Å²) >= 11 is 7.34. The van der Waals surface area contributed by atoms with Crippen LogP contribution >= 0.6 is 22.9 Å². The van der Waals surface area contributed by atoms with Crippen molar-refractivity contribution in [2.75, 3.05) is 6.26 Å². The van der Waals surface area contributed by atoms with E-state index in [4.69, 9.17) is 11.6 Å². The number of benzene rings is 1. The average Bonchev–Trinajstić information content (AvgIpc) is 2.49. The minimum atomic E-state index is -1.02. The van der Waals surface area contributed by atoms with Crippen LogP contribution in [0.5, 0.6) is 0 Å². The van der Waals surface area contributed by atoms with Gasteiger partial charge in [-0.2, -0.15) is 0 Å². The molecule has 1 heterocycles. The van der Waals surface area contributed by atoms with Gasteiger partial charge in [-0.05, 0) is 12.1 Å². The van der Waals surface area contributed by atoms with Crippen LogP contribution in [0.25, 0.3) is 10.2 Å². The van der Waals surface area contributed by atoms with Gasteiger partial charge in [-0.1, -0.05) is 17.7 Å². The summed E-state index contributed by atoms with van der Waals surface area (Å²) in [5.74, 6) is 0. The zero-order valence-electron chi connectivity index (χ0n) is 6.78. The topological polar surface area (TPSA) is 30.0 Å². The van der Waals surface area contributed by atoms with E-state index in [1.165, 1.54) is 11.3 Å². The van der Waals surface area contributed by atoms with Crippen molar-refractivity contribution >= 4 is 44.0 Å². The number of hydrogen-bond acceptors (Lipinski definition) is 3. The molecule has 0 unspecified atom stereocenters. The molecule has 2 rings (SSSR count). The molecule has 0 amide bonds. The monoisotopic (exact) mass is 231 g/mol. The summed E-state index contributed by atoms with van der Waals surface area (Å²) in [5.41, 5.74) is 0.822. The molecule has 0 aliphatic carbocycles. The molecule has 0 saturated heterocycles. The maximum absolute atomic E-state index is 11.1. The Balaban J connectivity index is 2.75. The molecule has 0 fully saturated rings. The molecule has 2 nitrogen and oxygen atoms in total. The summed E-state index contributed by atoms with van der Waals surface area (Å²) in [6.45, 7) is 0. The summed E-state index contributed by atoms with van der Waals surface area (Å²) in [6.07, 6.45) is 1.62. The predicted octanol–water partition coefficient (Wildman–Crippen LogP) is 2.69. The molecule has 5 heteroatoms. The number of rotatable bonds is 1. The lowest BCUT2D eigenvalue weighted by atomic mass is 10.3. The number of fused-ring (bicyclic) bond motifs is 1. The third-order valence-corrected chi connectivity index (χ3v) is 4.46. The molecule has 0 bridgehead atoms. The number of hydrogen-bond donors (Lipinski definition) is 0. The van der Waals surface area contributed by atoms with Gasteiger partial charge in [-0.15, -0.1) is 11.3 Å². The van der Waals surface area contributed by atoms with Crippen LogP contribution in [0.4, 0.5) is 0 Å². The van der Waals surface area contributed by atoms with Gasteiger partial charge in [0.2, 0.25) is 0 Å². The Bertz CT molecular complexity index is 480. The second-order valence-electron chi connectivity index (χ2n) is 2.52. The molecule has 68 valence electrons. The van der Waals surface area contributed by atoms with E-state index in [1.54, 1.807) is 6.26 Å². The van der Waals surface area contributed by atoms with Gasteiger partial charge in [0.1, 0.15) is 0 Å². The van der Waals surface area contributed by atoms with Gasteiger partial charge in [0.05, 0.1) is 26.0 Å². The molecule has 1 aromatic heterocycles. The molecular formula is C8H6ClNOS2. The SMILES string of the molecule is C[S@](=O)c1nc2cccc(Cl)c2s1. The van der Waals surface area contributed by atoms with Crippen LogP contribution in [-0.4, -0.2) is 15.4 Å². The molecule has 13 heavy (non-hydrogen) atoms. The highest BCUT2D eigenvalue weighted by molar-refractivity contribution is 7.86. The van der Waals surface area contributed by atoms with Crippen molar-refractivity contribution in [2.45, 2.75) is 4.34 Å². The third-order valence-electron chi connectivity index (χ3n) is 1.59. The molecule has 0 spiro atoms. The van der Waals surface area contributed by atoms with E-state index >= 15 is 0 Å². The minimum absolute atomic E-state index is 0.628. The first-order chi connectivity index (χ1) is 6.18. The van der Waals surface area contributed by atoms with E-state index in [9.17, 15) is 4.21 Å². The Kier molecular flexibility index (Phi) is 2.36. The van der Waals surface area contributed by atoms with E-state index in [2.05, 4.69) is 4.98 Å². The number of aromatic nitrogens is 1. The average molecular weight is 232 g/mol. The first-order valence-corrected chi connectivity index (χ1v) is 6.32. The van der Waals surface area contributed by atoms with Crippen LogP contribution in [0, 0.1) is 0 Å². The van der Waals surface area contributed by atoms with Crippen molar-refractivity contribution < 1.29 is 4.21 Å². The van der Waals surface area contributed by atoms with Crippen molar-refractivity contribution in [2.24, 2.45) is 0 Å². The summed E-state index contributed by atoms with van der Waals surface area (Å²) in [7, 11) is -1.02. The number of thiazole rings is 1. The van der Waals surface area contributed by atoms with Crippen LogP contribution in [0.3, 0.4) is 0 Å². The Morgan fingerprint density at radius 1 is 1.54 bits per heavy atom. The fourth-order valence-electron chi connectivity index (χ4n) is 1.02. The van der Waals surface area contributed by atoms with Gasteiger partial charge < -0.3 is 0 Å². The minimum Gasteiger partial charge on any atom is -0.252 e. The Morgan fingerprint density at radius 3 is 2.92 bits per heavy atom. The lowest BCUT2D eigenvalue weighted by Gasteiger charge is -1.87. The maximum atomic E-state index is 11.1. The third kappa shape index (κ3) is 1.61. The van der Waals surface area contributed by atoms with Gasteiger partial charge in [-0.25, -0.2) is 4.98 Å². The summed E-state index contributed by atoms with van der Waals surface area (Å²) in [6, 6.07) is 5.52. The lowest BCUT2D eigenvalue weighted by Crippen LogP contribution is -1.83. The van der Waals surface area contributed by atoms with Gasteiger partial charge in [-0.3, -0.25) is 4.21 Å². The van der Waals surface area contributed by atoms with Crippen molar-refractivity contribution in [1.29, 1.82) is 0 Å². The molecule has 0 radical (unpaired) electrons. The Labute approximate surface area is 87.0 Å². The molecule has 0 aliphatic rings. The molecule has 0 saturated carbocycles. The highest BCUT2D eigenvalue weighted by Crippen LogP contribution is 2.30. The van der Waals surface area contributed by atoms with Crippen LogP contribution in [0.2, 0.25) is 5.02 Å². The largest absolute Gasteiger partial charge is 0.252 e. The second kappa shape index (κ2) is 3.36. The maximum Gasteiger partial charge on any atom is 0.181 e. The Hall–Kier alpha value is -0.450. The number of nitrogens with zero attached hydrogens (tertiary/aromatic N) is 1. The summed E-state index contributed by atoms with van der Waals surface area (Å²) < 4.78 is 12.7. The summed E-state index contributed by atoms with van der Waals surface area (Å²) in [4.78, 5) is 4.21. The molecule has 0 N–H and O–H groups in total. The van der Waals surface area contributed by atoms with Gasteiger partial charge in [0, 0.05) is 6.26 Å². The van der Waals surface area contributed by atoms with Crippen molar-refractivity contribution in [1.82, 2.24) is 4.98 Å². The van der Waals surface area contributed by atoms with E-state index in [0.717, 1.165) is 10.2 Å².